The second kappa shape index (κ2) is 15.5. The first kappa shape index (κ1) is 36.2. The van der Waals surface area contributed by atoms with Gasteiger partial charge in [0.2, 0.25) is 0 Å². The number of benzene rings is 4. The summed E-state index contributed by atoms with van der Waals surface area (Å²) in [7, 11) is 3.07. The Hall–Kier alpha value is -6.75. The molecule has 0 spiro atoms. The minimum atomic E-state index is -0.155. The first-order valence-corrected chi connectivity index (χ1v) is 18.4. The number of carbonyl (C=O) groups is 2. The fraction of sp³-hybridized carbons (Fsp3) is 0.222. The van der Waals surface area contributed by atoms with Gasteiger partial charge in [-0.25, -0.2) is 0 Å². The summed E-state index contributed by atoms with van der Waals surface area (Å²) >= 11 is 0. The van der Waals surface area contributed by atoms with Gasteiger partial charge < -0.3 is 28.7 Å². The van der Waals surface area contributed by atoms with Gasteiger partial charge in [0.05, 0.1) is 60.2 Å². The second-order valence-electron chi connectivity index (χ2n) is 13.8. The zero-order chi connectivity index (χ0) is 38.8. The monoisotopic (exact) mass is 747 g/mol. The summed E-state index contributed by atoms with van der Waals surface area (Å²) in [6, 6.07) is 22.9. The molecule has 0 radical (unpaired) electrons. The van der Waals surface area contributed by atoms with Gasteiger partial charge in [-0.15, -0.1) is 0 Å². The van der Waals surface area contributed by atoms with E-state index in [1.165, 1.54) is 25.3 Å². The van der Waals surface area contributed by atoms with Gasteiger partial charge in [-0.1, -0.05) is 67.8 Å². The maximum Gasteiger partial charge on any atom is 0.257 e. The molecule has 4 aromatic carbocycles. The number of carbonyl (C=O) groups excluding carboxylic acids is 2. The van der Waals surface area contributed by atoms with Crippen LogP contribution in [0.4, 0.5) is 11.4 Å². The predicted molar refractivity (Wildman–Crippen MR) is 217 cm³/mol. The molecule has 2 amide bonds. The van der Waals surface area contributed by atoms with Crippen molar-refractivity contribution < 1.29 is 28.5 Å². The molecule has 2 atom stereocenters. The van der Waals surface area contributed by atoms with Crippen molar-refractivity contribution in [2.24, 2.45) is 15.0 Å². The molecular weight excluding hydrogens is 707 g/mol. The second-order valence-corrected chi connectivity index (χ2v) is 13.8. The van der Waals surface area contributed by atoms with Gasteiger partial charge in [0.1, 0.15) is 13.2 Å². The van der Waals surface area contributed by atoms with Crippen molar-refractivity contribution >= 4 is 41.3 Å². The van der Waals surface area contributed by atoms with Crippen LogP contribution in [-0.4, -0.2) is 79.3 Å². The van der Waals surface area contributed by atoms with Crippen LogP contribution < -0.4 is 18.9 Å². The van der Waals surface area contributed by atoms with Crippen LogP contribution in [0, 0.1) is 0 Å². The molecule has 4 aromatic rings. The topological polar surface area (TPSA) is 115 Å². The van der Waals surface area contributed by atoms with E-state index >= 15 is 0 Å². The van der Waals surface area contributed by atoms with E-state index in [0.717, 1.165) is 11.1 Å². The Labute approximate surface area is 325 Å². The highest BCUT2D eigenvalue weighted by Crippen LogP contribution is 2.40. The minimum absolute atomic E-state index is 0.0371. The molecule has 4 aliphatic heterocycles. The number of hydrogen-bond donors (Lipinski definition) is 0. The molecule has 0 bridgehead atoms. The smallest absolute Gasteiger partial charge is 0.257 e. The molecule has 0 aromatic heterocycles. The van der Waals surface area contributed by atoms with Crippen LogP contribution in [0.1, 0.15) is 43.0 Å². The van der Waals surface area contributed by atoms with E-state index in [9.17, 15) is 9.59 Å². The van der Waals surface area contributed by atoms with E-state index in [0.29, 0.717) is 82.8 Å². The minimum Gasteiger partial charge on any atom is -0.493 e. The van der Waals surface area contributed by atoms with Gasteiger partial charge in [0.25, 0.3) is 11.8 Å². The van der Waals surface area contributed by atoms with Gasteiger partial charge in [0, 0.05) is 37.7 Å². The number of methoxy groups -OCH3 is 2. The summed E-state index contributed by atoms with van der Waals surface area (Å²) in [4.78, 5) is 45.6. The Balaban J connectivity index is 0.981. The third kappa shape index (κ3) is 6.99. The number of ether oxygens (including phenoxy) is 4. The molecule has 0 saturated heterocycles. The lowest BCUT2D eigenvalue weighted by molar-refractivity contribution is 0.0696. The number of hydrogen-bond acceptors (Lipinski definition) is 9. The Bertz CT molecular complexity index is 2380. The van der Waals surface area contributed by atoms with Crippen LogP contribution in [0.5, 0.6) is 23.0 Å². The van der Waals surface area contributed by atoms with Crippen molar-refractivity contribution in [3.63, 3.8) is 0 Å². The van der Waals surface area contributed by atoms with Gasteiger partial charge in [-0.2, -0.15) is 0 Å². The first-order chi connectivity index (χ1) is 27.4. The molecule has 0 saturated carbocycles. The fourth-order valence-electron chi connectivity index (χ4n) is 7.53. The van der Waals surface area contributed by atoms with Crippen LogP contribution in [-0.2, 0) is 25.9 Å². The number of allylic oxidation sites excluding steroid dienone is 2. The van der Waals surface area contributed by atoms with Crippen molar-refractivity contribution in [3.05, 3.63) is 143 Å². The zero-order valence-electron chi connectivity index (χ0n) is 31.3. The average molecular weight is 748 g/mol. The third-order valence-electron chi connectivity index (χ3n) is 10.5. The Morgan fingerprint density at radius 1 is 0.714 bits per heavy atom. The van der Waals surface area contributed by atoms with Crippen molar-refractivity contribution in [2.45, 2.75) is 38.0 Å². The summed E-state index contributed by atoms with van der Waals surface area (Å²) in [5.74, 6) is 1.39. The molecule has 11 heteroatoms. The lowest BCUT2D eigenvalue weighted by Gasteiger charge is -2.34. The number of aliphatic imine (C=N–C) groups is 3. The Morgan fingerprint density at radius 3 is 1.66 bits per heavy atom. The van der Waals surface area contributed by atoms with Gasteiger partial charge in [-0.05, 0) is 59.4 Å². The molecule has 8 rings (SSSR count). The molecule has 4 heterocycles. The highest BCUT2D eigenvalue weighted by atomic mass is 16.5. The molecule has 11 nitrogen and oxygen atoms in total. The van der Waals surface area contributed by atoms with E-state index < -0.39 is 0 Å². The molecule has 282 valence electrons. The van der Waals surface area contributed by atoms with E-state index in [4.69, 9.17) is 33.9 Å². The highest BCUT2D eigenvalue weighted by molar-refractivity contribution is 6.04. The molecule has 0 aliphatic carbocycles. The summed E-state index contributed by atoms with van der Waals surface area (Å²) in [6.45, 7) is 8.91. The van der Waals surface area contributed by atoms with Gasteiger partial charge in [0.15, 0.2) is 23.0 Å². The maximum absolute atomic E-state index is 13.8. The Morgan fingerprint density at radius 2 is 1.20 bits per heavy atom. The molecule has 0 fully saturated rings. The van der Waals surface area contributed by atoms with Crippen LogP contribution >= 0.6 is 0 Å². The molecule has 56 heavy (non-hydrogen) atoms. The molecule has 0 N–H and O–H groups in total. The number of rotatable bonds is 11. The van der Waals surface area contributed by atoms with Gasteiger partial charge >= 0.3 is 0 Å². The van der Waals surface area contributed by atoms with E-state index in [1.807, 2.05) is 46.5 Å². The SMILES string of the molecule is C=C/C=C(COc1cc2c(cc1OC)C(=O)N1Cc3ccccc3C[C@H]1C=N2)\N=C(/C=C)COc1cc2c(cc1OC)C(=O)N1Cc3ccccc3C[C@H]1C=N2. The fourth-order valence-corrected chi connectivity index (χ4v) is 7.53. The van der Waals surface area contributed by atoms with Crippen molar-refractivity contribution in [1.82, 2.24) is 9.80 Å². The average Bonchev–Trinajstić information content (AvgIpc) is 3.44. The molecular formula is C45H41N5O6. The predicted octanol–water partition coefficient (Wildman–Crippen LogP) is 7.42. The zero-order valence-corrected chi connectivity index (χ0v) is 31.3. The number of fused-ring (bicyclic) bond motifs is 6. The summed E-state index contributed by atoms with van der Waals surface area (Å²) in [5.41, 5.74) is 7.66. The highest BCUT2D eigenvalue weighted by Gasteiger charge is 2.35. The van der Waals surface area contributed by atoms with Crippen molar-refractivity contribution in [3.8, 4) is 23.0 Å². The van der Waals surface area contributed by atoms with Crippen molar-refractivity contribution in [1.29, 1.82) is 0 Å². The standard InChI is InChI=1S/C45H41N5O6/c1-5-11-33(27-56-43-21-39-37(19-41(43)54-4)45(52)50-25-31-15-10-8-13-29(31)17-35(50)23-47-39)48-32(6-2)26-55-42-20-38-36(18-40(42)53-3)44(51)49-24-30-14-9-7-12-28(30)16-34(49)22-46-38/h5-15,18-23,34-35H,1-2,16-17,24-27H2,3-4H3/b33-11-,48-32+/t34-,35-/m0/s1. The maximum atomic E-state index is 13.8. The van der Waals surface area contributed by atoms with Crippen molar-refractivity contribution in [2.75, 3.05) is 27.4 Å². The molecule has 0 unspecified atom stereocenters. The van der Waals surface area contributed by atoms with Crippen LogP contribution in [0.2, 0.25) is 0 Å². The van der Waals surface area contributed by atoms with Crippen LogP contribution in [0.3, 0.4) is 0 Å². The number of nitrogens with zero attached hydrogens (tertiary/aromatic N) is 5. The normalized spacial score (nSPS) is 18.2. The van der Waals surface area contributed by atoms with E-state index in [-0.39, 0.29) is 37.1 Å². The van der Waals surface area contributed by atoms with E-state index in [1.54, 1.807) is 42.5 Å². The quantitative estimate of drug-likeness (QED) is 0.117. The third-order valence-corrected chi connectivity index (χ3v) is 10.5. The van der Waals surface area contributed by atoms with Crippen LogP contribution in [0.25, 0.3) is 0 Å². The summed E-state index contributed by atoms with van der Waals surface area (Å²) in [6.07, 6.45) is 10.0. The van der Waals surface area contributed by atoms with E-state index in [2.05, 4.69) is 37.4 Å². The molecule has 4 aliphatic rings. The van der Waals surface area contributed by atoms with Crippen LogP contribution in [0.15, 0.2) is 125 Å². The summed E-state index contributed by atoms with van der Waals surface area (Å²) < 4.78 is 23.8. The summed E-state index contributed by atoms with van der Waals surface area (Å²) in [5, 5.41) is 0. The Kier molecular flexibility index (Phi) is 10.1. The lowest BCUT2D eigenvalue weighted by Crippen LogP contribution is -2.44. The van der Waals surface area contributed by atoms with Gasteiger partial charge in [-0.3, -0.25) is 24.6 Å². The number of amides is 2. The largest absolute Gasteiger partial charge is 0.493 e. The lowest BCUT2D eigenvalue weighted by atomic mass is 9.94. The first-order valence-electron chi connectivity index (χ1n) is 18.4.